The molecule has 0 aromatic heterocycles. The zero-order valence-electron chi connectivity index (χ0n) is 37.5. The predicted molar refractivity (Wildman–Crippen MR) is 236 cm³/mol. The van der Waals surface area contributed by atoms with Crippen molar-refractivity contribution in [2.75, 3.05) is 103 Å². The number of nitrogens with one attached hydrogen (secondary N) is 3. The molecule has 0 spiro atoms. The maximum absolute atomic E-state index is 13.4. The number of hydrogen-bond acceptors (Lipinski definition) is 8. The molecule has 3 rings (SSSR count). The van der Waals surface area contributed by atoms with Crippen molar-refractivity contribution in [1.29, 1.82) is 0 Å². The Balaban J connectivity index is 1.60. The summed E-state index contributed by atoms with van der Waals surface area (Å²) in [5.41, 5.74) is 1.43. The molecule has 0 saturated carbocycles. The number of quaternary nitrogens is 2. The van der Waals surface area contributed by atoms with E-state index in [0.29, 0.717) is 76.1 Å². The van der Waals surface area contributed by atoms with Crippen LogP contribution in [0.1, 0.15) is 68.1 Å². The molecule has 0 aliphatic heterocycles. The molecule has 0 fully saturated rings. The van der Waals surface area contributed by atoms with Crippen molar-refractivity contribution in [1.82, 2.24) is 16.0 Å². The molecule has 3 aromatic carbocycles. The van der Waals surface area contributed by atoms with E-state index in [-0.39, 0.29) is 30.9 Å². The second-order valence-corrected chi connectivity index (χ2v) is 17.3. The Hall–Kier alpha value is -4.53. The van der Waals surface area contributed by atoms with Crippen LogP contribution in [0.4, 0.5) is 0 Å². The molecule has 2 unspecified atom stereocenters. The van der Waals surface area contributed by atoms with Crippen molar-refractivity contribution in [3.63, 3.8) is 0 Å². The summed E-state index contributed by atoms with van der Waals surface area (Å²) in [4.78, 5) is 38.6. The van der Waals surface area contributed by atoms with E-state index in [2.05, 4.69) is 58.2 Å². The summed E-state index contributed by atoms with van der Waals surface area (Å²) in [7, 11) is 15.8. The van der Waals surface area contributed by atoms with Gasteiger partial charge in [-0.05, 0) is 66.6 Å². The van der Waals surface area contributed by atoms with Crippen LogP contribution in [0.5, 0.6) is 11.5 Å². The SMILES string of the molecule is COc1ccc(C(OC(CO)COCCCNC(=O)C(CCCCNC(=O)CCC[N+](C)(C)C)NC(=O)CCC[N+](C)(C)C)(c2ccccc2)c2ccc(OC)cc2)cc1. The van der Waals surface area contributed by atoms with Gasteiger partial charge in [-0.2, -0.15) is 0 Å². The number of amides is 3. The van der Waals surface area contributed by atoms with E-state index in [0.717, 1.165) is 45.2 Å². The summed E-state index contributed by atoms with van der Waals surface area (Å²) in [6.45, 7) is 2.74. The minimum atomic E-state index is -1.12. The van der Waals surface area contributed by atoms with Crippen LogP contribution < -0.4 is 25.4 Å². The smallest absolute Gasteiger partial charge is 0.242 e. The Morgan fingerprint density at radius 1 is 0.650 bits per heavy atom. The second kappa shape index (κ2) is 25.3. The Bertz CT molecular complexity index is 1640. The molecule has 2 atom stereocenters. The standard InChI is InChI=1S/C47H71N5O8/c1-51(2,3)32-14-20-44(54)48-30-13-12-19-43(50-45(55)21-15-33-52(4,5)6)46(56)49-31-16-34-59-36-42(35-53)60-47(37-17-10-9-11-18-37,38-22-26-40(57-7)27-23-38)39-24-28-41(58-8)29-25-39/h9-11,17-18,22-29,42-43,53H,12-16,19-21,30-36H2,1-8H3,(H-2,48,49,50,54,55,56)/p+2. The quantitative estimate of drug-likeness (QED) is 0.0451. The summed E-state index contributed by atoms with van der Waals surface area (Å²) in [5, 5.41) is 19.5. The summed E-state index contributed by atoms with van der Waals surface area (Å²) in [5.74, 6) is 1.05. The van der Waals surface area contributed by atoms with Crippen LogP contribution in [0.25, 0.3) is 0 Å². The van der Waals surface area contributed by atoms with Crippen LogP contribution in [-0.4, -0.2) is 146 Å². The van der Waals surface area contributed by atoms with Crippen LogP contribution in [0.3, 0.4) is 0 Å². The minimum absolute atomic E-state index is 0.0346. The highest BCUT2D eigenvalue weighted by molar-refractivity contribution is 5.87. The normalized spacial score (nSPS) is 12.9. The fourth-order valence-corrected chi connectivity index (χ4v) is 6.88. The topological polar surface area (TPSA) is 144 Å². The maximum Gasteiger partial charge on any atom is 0.242 e. The first-order valence-corrected chi connectivity index (χ1v) is 21.3. The highest BCUT2D eigenvalue weighted by atomic mass is 16.6. The molecule has 0 saturated heterocycles. The molecule has 0 aliphatic carbocycles. The largest absolute Gasteiger partial charge is 0.497 e. The van der Waals surface area contributed by atoms with Crippen molar-refractivity contribution >= 4 is 17.7 Å². The molecule has 0 aliphatic rings. The van der Waals surface area contributed by atoms with Crippen molar-refractivity contribution in [2.45, 2.75) is 69.1 Å². The van der Waals surface area contributed by atoms with E-state index in [1.54, 1.807) is 14.2 Å². The van der Waals surface area contributed by atoms with Crippen LogP contribution in [0.2, 0.25) is 0 Å². The van der Waals surface area contributed by atoms with Gasteiger partial charge in [0.2, 0.25) is 17.7 Å². The molecular formula is C47H73N5O8+2. The third-order valence-electron chi connectivity index (χ3n) is 10.1. The van der Waals surface area contributed by atoms with E-state index in [1.165, 1.54) is 0 Å². The summed E-state index contributed by atoms with van der Waals surface area (Å²) in [6.07, 6.45) is 3.99. The molecule has 0 radical (unpaired) electrons. The Morgan fingerprint density at radius 3 is 1.68 bits per heavy atom. The molecule has 60 heavy (non-hydrogen) atoms. The highest BCUT2D eigenvalue weighted by Gasteiger charge is 2.40. The van der Waals surface area contributed by atoms with E-state index in [4.69, 9.17) is 18.9 Å². The van der Waals surface area contributed by atoms with Gasteiger partial charge in [-0.1, -0.05) is 54.6 Å². The third kappa shape index (κ3) is 17.6. The number of nitrogens with zero attached hydrogens (tertiary/aromatic N) is 2. The average Bonchev–Trinajstić information content (AvgIpc) is 3.22. The molecule has 0 bridgehead atoms. The lowest BCUT2D eigenvalue weighted by Crippen LogP contribution is -2.47. The first-order chi connectivity index (χ1) is 28.6. The molecule has 13 heteroatoms. The number of rotatable bonds is 29. The molecule has 332 valence electrons. The predicted octanol–water partition coefficient (Wildman–Crippen LogP) is 4.64. The Morgan fingerprint density at radius 2 is 1.17 bits per heavy atom. The van der Waals surface area contributed by atoms with Crippen LogP contribution in [0, 0.1) is 0 Å². The van der Waals surface area contributed by atoms with Crippen molar-refractivity contribution < 1.29 is 47.4 Å². The summed E-state index contributed by atoms with van der Waals surface area (Å²) < 4.78 is 25.5. The van der Waals surface area contributed by atoms with Gasteiger partial charge in [-0.15, -0.1) is 0 Å². The Labute approximate surface area is 358 Å². The van der Waals surface area contributed by atoms with Gasteiger partial charge in [0, 0.05) is 45.4 Å². The third-order valence-corrected chi connectivity index (χ3v) is 10.1. The van der Waals surface area contributed by atoms with E-state index in [1.807, 2.05) is 78.9 Å². The van der Waals surface area contributed by atoms with Gasteiger partial charge in [0.1, 0.15) is 29.2 Å². The molecule has 3 aromatic rings. The first-order valence-electron chi connectivity index (χ1n) is 21.3. The molecule has 13 nitrogen and oxygen atoms in total. The average molecular weight is 836 g/mol. The molecular weight excluding hydrogens is 763 g/mol. The first kappa shape index (κ1) is 49.8. The lowest BCUT2D eigenvalue weighted by atomic mass is 9.79. The van der Waals surface area contributed by atoms with Crippen LogP contribution in [-0.2, 0) is 29.5 Å². The van der Waals surface area contributed by atoms with Gasteiger partial charge < -0.3 is 49.0 Å². The van der Waals surface area contributed by atoms with E-state index < -0.39 is 17.7 Å². The number of aliphatic hydroxyl groups is 1. The van der Waals surface area contributed by atoms with Crippen molar-refractivity contribution in [3.8, 4) is 11.5 Å². The number of hydrogen-bond donors (Lipinski definition) is 4. The number of benzene rings is 3. The van der Waals surface area contributed by atoms with Crippen LogP contribution >= 0.6 is 0 Å². The number of ether oxygens (including phenoxy) is 4. The highest BCUT2D eigenvalue weighted by Crippen LogP contribution is 2.42. The van der Waals surface area contributed by atoms with Crippen molar-refractivity contribution in [2.24, 2.45) is 0 Å². The zero-order chi connectivity index (χ0) is 44.0. The van der Waals surface area contributed by atoms with Crippen molar-refractivity contribution in [3.05, 3.63) is 95.6 Å². The zero-order valence-corrected chi connectivity index (χ0v) is 37.5. The summed E-state index contributed by atoms with van der Waals surface area (Å²) >= 11 is 0. The lowest BCUT2D eigenvalue weighted by molar-refractivity contribution is -0.870. The van der Waals surface area contributed by atoms with Gasteiger partial charge in [-0.25, -0.2) is 0 Å². The number of carbonyl (C=O) groups is 3. The van der Waals surface area contributed by atoms with Gasteiger partial charge in [0.15, 0.2) is 0 Å². The minimum Gasteiger partial charge on any atom is -0.497 e. The molecule has 4 N–H and O–H groups in total. The van der Waals surface area contributed by atoms with Gasteiger partial charge in [-0.3, -0.25) is 14.4 Å². The number of unbranched alkanes of at least 4 members (excludes halogenated alkanes) is 1. The number of aliphatic hydroxyl groups excluding tert-OH is 1. The second-order valence-electron chi connectivity index (χ2n) is 17.3. The number of methoxy groups -OCH3 is 2. The maximum atomic E-state index is 13.4. The van der Waals surface area contributed by atoms with Crippen LogP contribution in [0.15, 0.2) is 78.9 Å². The summed E-state index contributed by atoms with van der Waals surface area (Å²) in [6, 6.07) is 24.6. The monoisotopic (exact) mass is 836 g/mol. The number of carbonyl (C=O) groups excluding carboxylic acids is 3. The van der Waals surface area contributed by atoms with E-state index >= 15 is 0 Å². The lowest BCUT2D eigenvalue weighted by Gasteiger charge is -2.38. The van der Waals surface area contributed by atoms with Gasteiger partial charge in [0.05, 0.1) is 82.8 Å². The van der Waals surface area contributed by atoms with Gasteiger partial charge in [0.25, 0.3) is 0 Å². The van der Waals surface area contributed by atoms with Gasteiger partial charge >= 0.3 is 0 Å². The fraction of sp³-hybridized carbons (Fsp3) is 0.553. The Kier molecular flexibility index (Phi) is 21.0. The molecule has 0 heterocycles. The van der Waals surface area contributed by atoms with E-state index in [9.17, 15) is 19.5 Å². The fourth-order valence-electron chi connectivity index (χ4n) is 6.88. The molecule has 3 amide bonds.